The summed E-state index contributed by atoms with van der Waals surface area (Å²) in [5, 5.41) is 6.30. The summed E-state index contributed by atoms with van der Waals surface area (Å²) in [4.78, 5) is 13.1. The number of halogens is 1. The van der Waals surface area contributed by atoms with Crippen molar-refractivity contribution in [2.45, 2.75) is 25.8 Å². The van der Waals surface area contributed by atoms with Crippen LogP contribution < -0.4 is 20.1 Å². The van der Waals surface area contributed by atoms with Gasteiger partial charge in [-0.3, -0.25) is 4.79 Å². The Kier molecular flexibility index (Phi) is 7.94. The minimum absolute atomic E-state index is 0.108. The predicted molar refractivity (Wildman–Crippen MR) is 132 cm³/mol. The van der Waals surface area contributed by atoms with Gasteiger partial charge >= 0.3 is 0 Å². The molecule has 156 valence electrons. The van der Waals surface area contributed by atoms with Gasteiger partial charge in [-0.25, -0.2) is 0 Å². The lowest BCUT2D eigenvalue weighted by Crippen LogP contribution is -2.30. The third kappa shape index (κ3) is 5.64. The highest BCUT2D eigenvalue weighted by Gasteiger charge is 2.27. The van der Waals surface area contributed by atoms with Gasteiger partial charge in [0.05, 0.1) is 15.1 Å². The first-order valence-electron chi connectivity index (χ1n) is 9.61. The minimum Gasteiger partial charge on any atom is -0.490 e. The Morgan fingerprint density at radius 3 is 2.70 bits per heavy atom. The van der Waals surface area contributed by atoms with Crippen LogP contribution in [0.3, 0.4) is 0 Å². The molecule has 0 aliphatic carbocycles. The van der Waals surface area contributed by atoms with Crippen LogP contribution in [-0.4, -0.2) is 24.6 Å². The van der Waals surface area contributed by atoms with Crippen molar-refractivity contribution in [1.82, 2.24) is 5.32 Å². The molecule has 1 aliphatic rings. The third-order valence-corrected chi connectivity index (χ3v) is 6.15. The van der Waals surface area contributed by atoms with Crippen molar-refractivity contribution in [2.24, 2.45) is 0 Å². The Morgan fingerprint density at radius 1 is 1.27 bits per heavy atom. The molecular formula is C23H23IN2O3S. The molecule has 30 heavy (non-hydrogen) atoms. The number of nitrogens with one attached hydrogen (secondary N) is 2. The van der Waals surface area contributed by atoms with Crippen LogP contribution in [-0.2, 0) is 11.2 Å². The molecule has 3 rings (SSSR count). The SMILES string of the molecule is C#CCOc1c(I)cc(/C=C2\S[C@H](Nc3ccc(CC)cc3)NC2=O)cc1OCC. The Labute approximate surface area is 195 Å². The summed E-state index contributed by atoms with van der Waals surface area (Å²) >= 11 is 3.63. The molecule has 1 saturated heterocycles. The van der Waals surface area contributed by atoms with Crippen molar-refractivity contribution in [1.29, 1.82) is 0 Å². The minimum atomic E-state index is -0.222. The van der Waals surface area contributed by atoms with Crippen LogP contribution in [0.2, 0.25) is 0 Å². The molecule has 0 bridgehead atoms. The molecule has 5 nitrogen and oxygen atoms in total. The molecule has 1 aliphatic heterocycles. The van der Waals surface area contributed by atoms with Gasteiger partial charge in [0.25, 0.3) is 5.91 Å². The maximum Gasteiger partial charge on any atom is 0.260 e. The average molecular weight is 534 g/mol. The Hall–Kier alpha value is -2.31. The van der Waals surface area contributed by atoms with Gasteiger partial charge < -0.3 is 20.1 Å². The van der Waals surface area contributed by atoms with Crippen LogP contribution in [0, 0.1) is 15.9 Å². The number of anilines is 1. The molecule has 0 unspecified atom stereocenters. The lowest BCUT2D eigenvalue weighted by Gasteiger charge is -2.13. The molecule has 1 amide bonds. The maximum absolute atomic E-state index is 12.5. The largest absolute Gasteiger partial charge is 0.490 e. The van der Waals surface area contributed by atoms with Gasteiger partial charge in [-0.15, -0.1) is 6.42 Å². The Morgan fingerprint density at radius 2 is 2.03 bits per heavy atom. The number of hydrogen-bond donors (Lipinski definition) is 2. The van der Waals surface area contributed by atoms with E-state index < -0.39 is 0 Å². The smallest absolute Gasteiger partial charge is 0.260 e. The quantitative estimate of drug-likeness (QED) is 0.288. The van der Waals surface area contributed by atoms with Crippen molar-refractivity contribution < 1.29 is 14.3 Å². The van der Waals surface area contributed by atoms with E-state index in [2.05, 4.69) is 58.2 Å². The lowest BCUT2D eigenvalue weighted by atomic mass is 10.1. The van der Waals surface area contributed by atoms with Crippen LogP contribution in [0.1, 0.15) is 25.0 Å². The van der Waals surface area contributed by atoms with E-state index in [1.165, 1.54) is 17.3 Å². The van der Waals surface area contributed by atoms with E-state index >= 15 is 0 Å². The second-order valence-electron chi connectivity index (χ2n) is 6.43. The number of hydrogen-bond acceptors (Lipinski definition) is 5. The lowest BCUT2D eigenvalue weighted by molar-refractivity contribution is -0.116. The highest BCUT2D eigenvalue weighted by atomic mass is 127. The van der Waals surface area contributed by atoms with Crippen LogP contribution in [0.25, 0.3) is 6.08 Å². The fraction of sp³-hybridized carbons (Fsp3) is 0.261. The molecule has 0 saturated carbocycles. The molecule has 2 aromatic rings. The van der Waals surface area contributed by atoms with Crippen molar-refractivity contribution in [3.8, 4) is 23.8 Å². The standard InChI is InChI=1S/C23H23IN2O3S/c1-4-11-29-21-18(24)12-16(13-19(21)28-6-3)14-20-22(27)26-23(30-20)25-17-9-7-15(5-2)8-10-17/h1,7-10,12-14,23,25H,5-6,11H2,2-3H3,(H,26,27)/b20-14-/t23-/m1/s1. The fourth-order valence-corrected chi connectivity index (χ4v) is 4.66. The van der Waals surface area contributed by atoms with E-state index in [4.69, 9.17) is 15.9 Å². The van der Waals surface area contributed by atoms with Crippen molar-refractivity contribution >= 4 is 52.0 Å². The first-order chi connectivity index (χ1) is 14.5. The number of aryl methyl sites for hydroxylation is 1. The van der Waals surface area contributed by atoms with Crippen LogP contribution in [0.5, 0.6) is 11.5 Å². The molecule has 2 aromatic carbocycles. The molecule has 0 aromatic heterocycles. The highest BCUT2D eigenvalue weighted by Crippen LogP contribution is 2.36. The van der Waals surface area contributed by atoms with Crippen molar-refractivity contribution in [2.75, 3.05) is 18.5 Å². The van der Waals surface area contributed by atoms with Crippen LogP contribution in [0.4, 0.5) is 5.69 Å². The normalized spacial score (nSPS) is 16.8. The fourth-order valence-electron chi connectivity index (χ4n) is 2.89. The molecule has 7 heteroatoms. The van der Waals surface area contributed by atoms with Crippen LogP contribution in [0.15, 0.2) is 41.3 Å². The summed E-state index contributed by atoms with van der Waals surface area (Å²) in [5.41, 5.74) is 2.88. The summed E-state index contributed by atoms with van der Waals surface area (Å²) in [6.07, 6.45) is 8.16. The topological polar surface area (TPSA) is 59.6 Å². The van der Waals surface area contributed by atoms with E-state index in [0.29, 0.717) is 23.0 Å². The molecule has 2 N–H and O–H groups in total. The average Bonchev–Trinajstić information content (AvgIpc) is 3.07. The first kappa shape index (κ1) is 22.4. The van der Waals surface area contributed by atoms with Crippen LogP contribution >= 0.6 is 34.4 Å². The Bertz CT molecular complexity index is 983. The number of carbonyl (C=O) groups excluding carboxylic acids is 1. The summed E-state index contributed by atoms with van der Waals surface area (Å²) in [6, 6.07) is 12.0. The van der Waals surface area contributed by atoms with Gasteiger partial charge in [-0.2, -0.15) is 0 Å². The van der Waals surface area contributed by atoms with E-state index in [-0.39, 0.29) is 18.0 Å². The van der Waals surface area contributed by atoms with E-state index in [9.17, 15) is 4.79 Å². The number of amides is 1. The molecule has 1 fully saturated rings. The van der Waals surface area contributed by atoms with Gasteiger partial charge in [0, 0.05) is 5.69 Å². The molecule has 1 atom stereocenters. The monoisotopic (exact) mass is 534 g/mol. The molecule has 0 radical (unpaired) electrons. The molecular weight excluding hydrogens is 511 g/mol. The summed E-state index contributed by atoms with van der Waals surface area (Å²) < 4.78 is 12.2. The zero-order valence-corrected chi connectivity index (χ0v) is 19.8. The molecule has 0 spiro atoms. The van der Waals surface area contributed by atoms with E-state index in [1.54, 1.807) is 0 Å². The van der Waals surface area contributed by atoms with Crippen molar-refractivity contribution in [3.63, 3.8) is 0 Å². The number of thioether (sulfide) groups is 1. The zero-order valence-electron chi connectivity index (χ0n) is 16.8. The predicted octanol–water partition coefficient (Wildman–Crippen LogP) is 4.86. The number of rotatable bonds is 8. The summed E-state index contributed by atoms with van der Waals surface area (Å²) in [6.45, 7) is 4.70. The van der Waals surface area contributed by atoms with Gasteiger partial charge in [0.15, 0.2) is 17.0 Å². The van der Waals surface area contributed by atoms with E-state index in [1.807, 2.05) is 37.3 Å². The van der Waals surface area contributed by atoms with E-state index in [0.717, 1.165) is 21.2 Å². The number of terminal acetylenes is 1. The first-order valence-corrected chi connectivity index (χ1v) is 11.6. The highest BCUT2D eigenvalue weighted by molar-refractivity contribution is 14.1. The van der Waals surface area contributed by atoms with Crippen molar-refractivity contribution in [3.05, 3.63) is 56.0 Å². The molecule has 1 heterocycles. The van der Waals surface area contributed by atoms with Gasteiger partial charge in [0.1, 0.15) is 6.61 Å². The Balaban J connectivity index is 1.77. The maximum atomic E-state index is 12.5. The number of carbonyl (C=O) groups is 1. The zero-order chi connectivity index (χ0) is 21.5. The number of ether oxygens (including phenoxy) is 2. The summed E-state index contributed by atoms with van der Waals surface area (Å²) in [7, 11) is 0. The number of benzene rings is 2. The van der Waals surface area contributed by atoms with Gasteiger partial charge in [-0.05, 0) is 77.4 Å². The summed E-state index contributed by atoms with van der Waals surface area (Å²) in [5.74, 6) is 3.59. The van der Waals surface area contributed by atoms with Gasteiger partial charge in [-0.1, -0.05) is 36.7 Å². The second-order valence-corrected chi connectivity index (χ2v) is 8.74. The van der Waals surface area contributed by atoms with Gasteiger partial charge in [0.2, 0.25) is 0 Å². The third-order valence-electron chi connectivity index (χ3n) is 4.32. The second kappa shape index (κ2) is 10.6.